The molecule has 166 valence electrons. The topological polar surface area (TPSA) is 103 Å². The van der Waals surface area contributed by atoms with Crippen LogP contribution in [0.2, 0.25) is 0 Å². The van der Waals surface area contributed by atoms with E-state index in [1.807, 2.05) is 0 Å². The highest BCUT2D eigenvalue weighted by molar-refractivity contribution is 7.80. The van der Waals surface area contributed by atoms with Gasteiger partial charge in [-0.3, -0.25) is 23.8 Å². The minimum atomic E-state index is -4.53. The van der Waals surface area contributed by atoms with E-state index in [4.69, 9.17) is 4.55 Å². The van der Waals surface area contributed by atoms with Crippen molar-refractivity contribution in [2.45, 2.75) is 13.1 Å². The average molecular weight is 456 g/mol. The van der Waals surface area contributed by atoms with Crippen molar-refractivity contribution in [1.29, 1.82) is 0 Å². The van der Waals surface area contributed by atoms with Crippen LogP contribution in [0.5, 0.6) is 0 Å². The molecule has 1 aromatic carbocycles. The third kappa shape index (κ3) is 5.39. The summed E-state index contributed by atoms with van der Waals surface area (Å²) in [5.74, 6) is -0.747. The summed E-state index contributed by atoms with van der Waals surface area (Å²) < 4.78 is 60.0. The van der Waals surface area contributed by atoms with E-state index in [0.29, 0.717) is 23.0 Å². The largest absolute Gasteiger partial charge is 0.417 e. The van der Waals surface area contributed by atoms with E-state index in [2.05, 4.69) is 9.71 Å². The van der Waals surface area contributed by atoms with Crippen molar-refractivity contribution in [2.75, 3.05) is 30.9 Å². The van der Waals surface area contributed by atoms with E-state index in [1.165, 1.54) is 17.0 Å². The van der Waals surface area contributed by atoms with Gasteiger partial charge in [0.1, 0.15) is 5.69 Å². The minimum absolute atomic E-state index is 0.0900. The molecule has 1 fully saturated rings. The third-order valence-electron chi connectivity index (χ3n) is 4.83. The van der Waals surface area contributed by atoms with Crippen LogP contribution in [0.15, 0.2) is 36.5 Å². The highest BCUT2D eigenvalue weighted by Gasteiger charge is 2.32. The molecule has 2 heterocycles. The number of alkyl halides is 3. The molecule has 12 heteroatoms. The highest BCUT2D eigenvalue weighted by Crippen LogP contribution is 2.28. The molecule has 0 bridgehead atoms. The Morgan fingerprint density at radius 2 is 1.68 bits per heavy atom. The van der Waals surface area contributed by atoms with Gasteiger partial charge in [-0.2, -0.15) is 13.2 Å². The Balaban J connectivity index is 1.61. The maximum Gasteiger partial charge on any atom is 0.417 e. The van der Waals surface area contributed by atoms with Gasteiger partial charge >= 0.3 is 6.18 Å². The van der Waals surface area contributed by atoms with Crippen molar-refractivity contribution in [1.82, 2.24) is 14.8 Å². The number of nitrogens with one attached hydrogen (secondary N) is 1. The number of aromatic nitrogens is 1. The van der Waals surface area contributed by atoms with E-state index < -0.39 is 28.9 Å². The molecule has 2 aromatic rings. The lowest BCUT2D eigenvalue weighted by Gasteiger charge is -2.34. The first-order chi connectivity index (χ1) is 14.6. The SMILES string of the molecule is Cc1cc(C(=O)N2CCN(C(=O)c3ccc(C(F)(F)F)cn3)CC2)ccc1NS(=O)O. The van der Waals surface area contributed by atoms with Gasteiger partial charge in [0, 0.05) is 37.9 Å². The predicted molar refractivity (Wildman–Crippen MR) is 107 cm³/mol. The van der Waals surface area contributed by atoms with Crippen LogP contribution in [0.1, 0.15) is 32.0 Å². The van der Waals surface area contributed by atoms with Crippen LogP contribution in [-0.4, -0.2) is 61.5 Å². The maximum absolute atomic E-state index is 12.7. The third-order valence-corrected chi connectivity index (χ3v) is 5.23. The van der Waals surface area contributed by atoms with Crippen molar-refractivity contribution in [3.05, 3.63) is 58.9 Å². The summed E-state index contributed by atoms with van der Waals surface area (Å²) in [6.45, 7) is 2.64. The Morgan fingerprint density at radius 1 is 1.06 bits per heavy atom. The van der Waals surface area contributed by atoms with Gasteiger partial charge in [0.15, 0.2) is 0 Å². The molecule has 1 aromatic heterocycles. The van der Waals surface area contributed by atoms with Gasteiger partial charge in [-0.15, -0.1) is 0 Å². The molecule has 2 amide bonds. The molecular formula is C19H19F3N4O4S. The Hall–Kier alpha value is -2.99. The lowest BCUT2D eigenvalue weighted by molar-refractivity contribution is -0.137. The van der Waals surface area contributed by atoms with Gasteiger partial charge in [-0.1, -0.05) is 0 Å². The summed E-state index contributed by atoms with van der Waals surface area (Å²) in [5.41, 5.74) is 0.428. The van der Waals surface area contributed by atoms with Crippen LogP contribution in [0.3, 0.4) is 0 Å². The van der Waals surface area contributed by atoms with Crippen LogP contribution in [0, 0.1) is 6.92 Å². The average Bonchev–Trinajstić information content (AvgIpc) is 2.73. The van der Waals surface area contributed by atoms with Gasteiger partial charge in [0.25, 0.3) is 23.1 Å². The molecule has 1 aliphatic heterocycles. The highest BCUT2D eigenvalue weighted by atomic mass is 32.2. The first-order valence-electron chi connectivity index (χ1n) is 9.16. The number of benzene rings is 1. The fraction of sp³-hybridized carbons (Fsp3) is 0.316. The minimum Gasteiger partial charge on any atom is -0.335 e. The van der Waals surface area contributed by atoms with Gasteiger partial charge in [-0.05, 0) is 42.8 Å². The number of hydrogen-bond donors (Lipinski definition) is 2. The molecule has 0 spiro atoms. The smallest absolute Gasteiger partial charge is 0.335 e. The number of pyridine rings is 1. The lowest BCUT2D eigenvalue weighted by atomic mass is 10.1. The summed E-state index contributed by atoms with van der Waals surface area (Å²) in [6.07, 6.45) is -3.90. The number of carbonyl (C=O) groups is 2. The van der Waals surface area contributed by atoms with E-state index in [1.54, 1.807) is 17.9 Å². The van der Waals surface area contributed by atoms with Crippen molar-refractivity contribution >= 4 is 28.8 Å². The Morgan fingerprint density at radius 3 is 2.16 bits per heavy atom. The zero-order valence-corrected chi connectivity index (χ0v) is 17.2. The van der Waals surface area contributed by atoms with E-state index in [0.717, 1.165) is 12.1 Å². The zero-order valence-electron chi connectivity index (χ0n) is 16.3. The van der Waals surface area contributed by atoms with Crippen LogP contribution in [0.25, 0.3) is 0 Å². The quantitative estimate of drug-likeness (QED) is 0.689. The second kappa shape index (κ2) is 9.02. The molecule has 0 radical (unpaired) electrons. The Bertz CT molecular complexity index is 1010. The fourth-order valence-corrected chi connectivity index (χ4v) is 3.57. The number of hydrogen-bond acceptors (Lipinski definition) is 4. The molecule has 31 heavy (non-hydrogen) atoms. The molecule has 0 saturated carbocycles. The molecule has 2 N–H and O–H groups in total. The first kappa shape index (κ1) is 22.7. The lowest BCUT2D eigenvalue weighted by Crippen LogP contribution is -2.50. The summed E-state index contributed by atoms with van der Waals surface area (Å²) in [4.78, 5) is 31.9. The number of anilines is 1. The Labute approximate surface area is 178 Å². The summed E-state index contributed by atoms with van der Waals surface area (Å²) in [7, 11) is 0. The van der Waals surface area contributed by atoms with Gasteiger partial charge in [0.05, 0.1) is 11.3 Å². The molecular weight excluding hydrogens is 437 g/mol. The normalized spacial score (nSPS) is 15.5. The molecule has 3 rings (SSSR count). The maximum atomic E-state index is 12.7. The first-order valence-corrected chi connectivity index (χ1v) is 10.3. The number of aryl methyl sites for hydroxylation is 1. The van der Waals surface area contributed by atoms with E-state index >= 15 is 0 Å². The van der Waals surface area contributed by atoms with Crippen LogP contribution < -0.4 is 4.72 Å². The van der Waals surface area contributed by atoms with Crippen molar-refractivity contribution < 1.29 is 31.5 Å². The van der Waals surface area contributed by atoms with Gasteiger partial charge in [-0.25, -0.2) is 4.21 Å². The molecule has 0 aliphatic carbocycles. The second-order valence-electron chi connectivity index (χ2n) is 6.90. The zero-order chi connectivity index (χ0) is 22.8. The van der Waals surface area contributed by atoms with Gasteiger partial charge < -0.3 is 9.80 Å². The van der Waals surface area contributed by atoms with Crippen molar-refractivity contribution in [3.8, 4) is 0 Å². The molecule has 1 aliphatic rings. The van der Waals surface area contributed by atoms with Crippen LogP contribution in [-0.2, 0) is 17.4 Å². The monoisotopic (exact) mass is 456 g/mol. The van der Waals surface area contributed by atoms with Gasteiger partial charge in [0.2, 0.25) is 0 Å². The molecule has 1 unspecified atom stereocenters. The molecule has 8 nitrogen and oxygen atoms in total. The molecule has 1 saturated heterocycles. The Kier molecular flexibility index (Phi) is 6.60. The predicted octanol–water partition coefficient (Wildman–Crippen LogP) is 2.56. The number of rotatable bonds is 4. The van der Waals surface area contributed by atoms with E-state index in [9.17, 15) is 27.0 Å². The standard InChI is InChI=1S/C19H19F3N4O4S/c1-12-10-13(2-4-15(12)24-31(29)30)17(27)25-6-8-26(9-7-25)18(28)16-5-3-14(11-23-16)19(20,21)22/h2-5,10-11,24H,6-9H2,1H3,(H,29,30). The van der Waals surface area contributed by atoms with Crippen LogP contribution >= 0.6 is 0 Å². The number of halogens is 3. The summed E-state index contributed by atoms with van der Waals surface area (Å²) in [5, 5.41) is 0. The fourth-order valence-electron chi connectivity index (χ4n) is 3.15. The number of amides is 2. The second-order valence-corrected chi connectivity index (χ2v) is 7.60. The number of nitrogens with zero attached hydrogens (tertiary/aromatic N) is 3. The van der Waals surface area contributed by atoms with Crippen molar-refractivity contribution in [3.63, 3.8) is 0 Å². The van der Waals surface area contributed by atoms with Crippen molar-refractivity contribution in [2.24, 2.45) is 0 Å². The molecule has 1 atom stereocenters. The summed E-state index contributed by atoms with van der Waals surface area (Å²) in [6, 6.07) is 6.52. The van der Waals surface area contributed by atoms with Crippen LogP contribution in [0.4, 0.5) is 18.9 Å². The number of piperazine rings is 1. The number of carbonyl (C=O) groups excluding carboxylic acids is 2. The van der Waals surface area contributed by atoms with E-state index in [-0.39, 0.29) is 37.8 Å². The summed E-state index contributed by atoms with van der Waals surface area (Å²) >= 11 is -2.22.